The summed E-state index contributed by atoms with van der Waals surface area (Å²) < 4.78 is 7.45. The molecule has 2 rings (SSSR count). The second-order valence-electron chi connectivity index (χ2n) is 5.11. The van der Waals surface area contributed by atoms with Crippen molar-refractivity contribution in [1.82, 2.24) is 20.3 Å². The second-order valence-corrected chi connectivity index (χ2v) is 5.11. The van der Waals surface area contributed by atoms with Gasteiger partial charge in [-0.1, -0.05) is 24.3 Å². The Morgan fingerprint density at radius 1 is 1.29 bits per heavy atom. The summed E-state index contributed by atoms with van der Waals surface area (Å²) in [5.41, 5.74) is 1.28. The smallest absolute Gasteiger partial charge is 0.119 e. The van der Waals surface area contributed by atoms with Gasteiger partial charge >= 0.3 is 0 Å². The Kier molecular flexibility index (Phi) is 6.22. The molecule has 114 valence electrons. The van der Waals surface area contributed by atoms with Crippen LogP contribution in [0.4, 0.5) is 0 Å². The van der Waals surface area contributed by atoms with Gasteiger partial charge in [-0.15, -0.1) is 5.10 Å². The van der Waals surface area contributed by atoms with E-state index in [0.29, 0.717) is 6.04 Å². The molecule has 0 aliphatic rings. The van der Waals surface area contributed by atoms with E-state index >= 15 is 0 Å². The predicted molar refractivity (Wildman–Crippen MR) is 83.3 cm³/mol. The molecule has 0 spiro atoms. The maximum atomic E-state index is 5.59. The lowest BCUT2D eigenvalue weighted by Crippen LogP contribution is -2.21. The molecule has 1 N–H and O–H groups in total. The summed E-state index contributed by atoms with van der Waals surface area (Å²) >= 11 is 0. The molecule has 1 aromatic carbocycles. The Morgan fingerprint density at radius 2 is 2.10 bits per heavy atom. The SMILES string of the molecule is CCCOc1ccc(C(C)NCCCn2ccnn2)cc1. The third-order valence-electron chi connectivity index (χ3n) is 3.34. The van der Waals surface area contributed by atoms with Gasteiger partial charge in [-0.05, 0) is 44.0 Å². The van der Waals surface area contributed by atoms with Crippen molar-refractivity contribution in [2.75, 3.05) is 13.2 Å². The van der Waals surface area contributed by atoms with E-state index < -0.39 is 0 Å². The van der Waals surface area contributed by atoms with Crippen LogP contribution < -0.4 is 10.1 Å². The van der Waals surface area contributed by atoms with Gasteiger partial charge in [-0.2, -0.15) is 0 Å². The van der Waals surface area contributed by atoms with Crippen LogP contribution in [0.5, 0.6) is 5.75 Å². The summed E-state index contributed by atoms with van der Waals surface area (Å²) in [5, 5.41) is 11.3. The zero-order valence-corrected chi connectivity index (χ0v) is 12.8. The molecule has 21 heavy (non-hydrogen) atoms. The lowest BCUT2D eigenvalue weighted by atomic mass is 10.1. The van der Waals surface area contributed by atoms with E-state index in [-0.39, 0.29) is 0 Å². The standard InChI is InChI=1S/C16H24N4O/c1-3-13-21-16-7-5-15(6-8-16)14(2)17-9-4-11-20-12-10-18-19-20/h5-8,10,12,14,17H,3-4,9,11,13H2,1-2H3. The molecule has 1 aromatic heterocycles. The average molecular weight is 288 g/mol. The van der Waals surface area contributed by atoms with E-state index in [1.54, 1.807) is 6.20 Å². The first kappa shape index (κ1) is 15.5. The molecular weight excluding hydrogens is 264 g/mol. The van der Waals surface area contributed by atoms with Gasteiger partial charge in [0.15, 0.2) is 0 Å². The number of hydrogen-bond donors (Lipinski definition) is 1. The van der Waals surface area contributed by atoms with Crippen molar-refractivity contribution in [1.29, 1.82) is 0 Å². The Bertz CT molecular complexity index is 496. The molecule has 0 saturated carbocycles. The van der Waals surface area contributed by atoms with E-state index in [1.165, 1.54) is 5.56 Å². The van der Waals surface area contributed by atoms with Crippen molar-refractivity contribution in [3.8, 4) is 5.75 Å². The number of rotatable bonds is 9. The maximum Gasteiger partial charge on any atom is 0.119 e. The molecule has 5 nitrogen and oxygen atoms in total. The highest BCUT2D eigenvalue weighted by Gasteiger charge is 2.04. The monoisotopic (exact) mass is 288 g/mol. The van der Waals surface area contributed by atoms with Crippen LogP contribution in [0.25, 0.3) is 0 Å². The van der Waals surface area contributed by atoms with Gasteiger partial charge in [-0.3, -0.25) is 4.68 Å². The Morgan fingerprint density at radius 3 is 2.76 bits per heavy atom. The van der Waals surface area contributed by atoms with Gasteiger partial charge in [0.05, 0.1) is 12.8 Å². The molecule has 0 aliphatic carbocycles. The fourth-order valence-corrected chi connectivity index (χ4v) is 2.10. The van der Waals surface area contributed by atoms with Gasteiger partial charge in [0.1, 0.15) is 5.75 Å². The minimum atomic E-state index is 0.334. The van der Waals surface area contributed by atoms with Gasteiger partial charge in [0.25, 0.3) is 0 Å². The summed E-state index contributed by atoms with van der Waals surface area (Å²) in [6, 6.07) is 8.66. The molecule has 1 unspecified atom stereocenters. The number of aromatic nitrogens is 3. The quantitative estimate of drug-likeness (QED) is 0.721. The van der Waals surface area contributed by atoms with Crippen LogP contribution in [0.3, 0.4) is 0 Å². The zero-order valence-electron chi connectivity index (χ0n) is 12.8. The first-order chi connectivity index (χ1) is 10.3. The van der Waals surface area contributed by atoms with Crippen LogP contribution in [-0.4, -0.2) is 28.1 Å². The molecule has 5 heteroatoms. The summed E-state index contributed by atoms with van der Waals surface area (Å²) in [5.74, 6) is 0.944. The highest BCUT2D eigenvalue weighted by molar-refractivity contribution is 5.28. The highest BCUT2D eigenvalue weighted by atomic mass is 16.5. The number of benzene rings is 1. The Hall–Kier alpha value is -1.88. The minimum Gasteiger partial charge on any atom is -0.494 e. The molecule has 2 aromatic rings. The van der Waals surface area contributed by atoms with E-state index in [0.717, 1.165) is 38.3 Å². The molecule has 0 aliphatic heterocycles. The van der Waals surface area contributed by atoms with Gasteiger partial charge in [0, 0.05) is 18.8 Å². The van der Waals surface area contributed by atoms with Crippen molar-refractivity contribution in [3.05, 3.63) is 42.2 Å². The molecule has 1 heterocycles. The largest absolute Gasteiger partial charge is 0.494 e. The van der Waals surface area contributed by atoms with Crippen LogP contribution in [0.2, 0.25) is 0 Å². The summed E-state index contributed by atoms with van der Waals surface area (Å²) in [4.78, 5) is 0. The van der Waals surface area contributed by atoms with Crippen LogP contribution >= 0.6 is 0 Å². The first-order valence-electron chi connectivity index (χ1n) is 7.60. The van der Waals surface area contributed by atoms with E-state index in [4.69, 9.17) is 4.74 Å². The summed E-state index contributed by atoms with van der Waals surface area (Å²) in [7, 11) is 0. The van der Waals surface area contributed by atoms with Crippen molar-refractivity contribution in [2.45, 2.75) is 39.3 Å². The first-order valence-corrected chi connectivity index (χ1v) is 7.60. The van der Waals surface area contributed by atoms with Crippen molar-refractivity contribution in [3.63, 3.8) is 0 Å². The highest BCUT2D eigenvalue weighted by Crippen LogP contribution is 2.17. The van der Waals surface area contributed by atoms with Gasteiger partial charge in [0.2, 0.25) is 0 Å². The number of nitrogens with one attached hydrogen (secondary N) is 1. The minimum absolute atomic E-state index is 0.334. The number of hydrogen-bond acceptors (Lipinski definition) is 4. The molecule has 0 bridgehead atoms. The van der Waals surface area contributed by atoms with Crippen LogP contribution in [0, 0.1) is 0 Å². The molecule has 0 fully saturated rings. The lowest BCUT2D eigenvalue weighted by Gasteiger charge is -2.15. The molecule has 0 amide bonds. The lowest BCUT2D eigenvalue weighted by molar-refractivity contribution is 0.317. The van der Waals surface area contributed by atoms with Crippen molar-refractivity contribution < 1.29 is 4.74 Å². The molecule has 0 saturated heterocycles. The molecular formula is C16H24N4O. The summed E-state index contributed by atoms with van der Waals surface area (Å²) in [6.07, 6.45) is 5.66. The van der Waals surface area contributed by atoms with Crippen molar-refractivity contribution in [2.24, 2.45) is 0 Å². The maximum absolute atomic E-state index is 5.59. The number of aryl methyl sites for hydroxylation is 1. The topological polar surface area (TPSA) is 52.0 Å². The molecule has 0 radical (unpaired) electrons. The third kappa shape index (κ3) is 5.19. The van der Waals surface area contributed by atoms with E-state index in [2.05, 4.69) is 41.6 Å². The van der Waals surface area contributed by atoms with E-state index in [9.17, 15) is 0 Å². The van der Waals surface area contributed by atoms with Gasteiger partial charge in [-0.25, -0.2) is 0 Å². The fourth-order valence-electron chi connectivity index (χ4n) is 2.10. The average Bonchev–Trinajstić information content (AvgIpc) is 3.03. The second kappa shape index (κ2) is 8.42. The van der Waals surface area contributed by atoms with Gasteiger partial charge < -0.3 is 10.1 Å². The molecule has 1 atom stereocenters. The summed E-state index contributed by atoms with van der Waals surface area (Å²) in [6.45, 7) is 6.91. The van der Waals surface area contributed by atoms with Crippen LogP contribution in [0.15, 0.2) is 36.7 Å². The Balaban J connectivity index is 1.71. The van der Waals surface area contributed by atoms with Crippen molar-refractivity contribution >= 4 is 0 Å². The third-order valence-corrected chi connectivity index (χ3v) is 3.34. The zero-order chi connectivity index (χ0) is 14.9. The Labute approximate surface area is 126 Å². The number of nitrogens with zero attached hydrogens (tertiary/aromatic N) is 3. The van der Waals surface area contributed by atoms with Crippen LogP contribution in [-0.2, 0) is 6.54 Å². The normalized spacial score (nSPS) is 12.3. The number of ether oxygens (including phenoxy) is 1. The van der Waals surface area contributed by atoms with Crippen LogP contribution in [0.1, 0.15) is 38.3 Å². The van der Waals surface area contributed by atoms with E-state index in [1.807, 2.05) is 23.0 Å². The predicted octanol–water partition coefficient (Wildman–Crippen LogP) is 2.81. The fraction of sp³-hybridized carbons (Fsp3) is 0.500.